The second-order valence-electron chi connectivity index (χ2n) is 1.70. The van der Waals surface area contributed by atoms with E-state index in [1.165, 1.54) is 6.08 Å². The topological polar surface area (TPSA) is 17.1 Å². The molecule has 0 aromatic carbocycles. The lowest BCUT2D eigenvalue weighted by molar-refractivity contribution is -0.109. The smallest absolute Gasteiger partial charge is 0.228 e. The van der Waals surface area contributed by atoms with Crippen LogP contribution in [-0.2, 0) is 4.79 Å². The molecule has 0 heterocycles. The first-order valence-electron chi connectivity index (χ1n) is 2.98. The molecule has 9 heavy (non-hydrogen) atoms. The van der Waals surface area contributed by atoms with E-state index in [0.29, 0.717) is 0 Å². The molecule has 0 radical (unpaired) electrons. The summed E-state index contributed by atoms with van der Waals surface area (Å²) in [6, 6.07) is 0. The zero-order valence-electron chi connectivity index (χ0n) is 5.55. The van der Waals surface area contributed by atoms with Gasteiger partial charge in [0.2, 0.25) is 5.78 Å². The monoisotopic (exact) mass is 122 g/mol. The first-order valence-corrected chi connectivity index (χ1v) is 2.98. The zero-order valence-corrected chi connectivity index (χ0v) is 5.55. The van der Waals surface area contributed by atoms with E-state index in [4.69, 9.17) is 6.42 Å². The first kappa shape index (κ1) is 7.97. The fraction of sp³-hybridized carbons (Fsp3) is 0.375. The van der Waals surface area contributed by atoms with Crippen LogP contribution in [0, 0.1) is 12.3 Å². The Morgan fingerprint density at radius 2 is 2.44 bits per heavy atom. The van der Waals surface area contributed by atoms with Gasteiger partial charge in [0.25, 0.3) is 0 Å². The molecule has 0 N–H and O–H groups in total. The molecule has 0 aliphatic heterocycles. The summed E-state index contributed by atoms with van der Waals surface area (Å²) in [5.74, 6) is 1.75. The zero-order chi connectivity index (χ0) is 7.11. The maximum Gasteiger partial charge on any atom is 0.228 e. The predicted molar refractivity (Wildman–Crippen MR) is 37.9 cm³/mol. The average Bonchev–Trinajstić information content (AvgIpc) is 1.89. The summed E-state index contributed by atoms with van der Waals surface area (Å²) in [5, 5.41) is 0. The molecule has 1 heteroatoms. The molecular weight excluding hydrogens is 112 g/mol. The minimum absolute atomic E-state index is 0.247. The Hall–Kier alpha value is -1.03. The van der Waals surface area contributed by atoms with Gasteiger partial charge in [0.1, 0.15) is 0 Å². The summed E-state index contributed by atoms with van der Waals surface area (Å²) in [4.78, 5) is 10.4. The molecular formula is C8H10O. The predicted octanol–water partition coefficient (Wildman–Crippen LogP) is 1.54. The summed E-state index contributed by atoms with van der Waals surface area (Å²) >= 11 is 0. The van der Waals surface area contributed by atoms with Crippen LogP contribution in [0.5, 0.6) is 0 Å². The largest absolute Gasteiger partial charge is 0.280 e. The van der Waals surface area contributed by atoms with Crippen molar-refractivity contribution < 1.29 is 4.79 Å². The third-order valence-electron chi connectivity index (χ3n) is 0.867. The van der Waals surface area contributed by atoms with Crippen LogP contribution in [0.15, 0.2) is 12.2 Å². The highest BCUT2D eigenvalue weighted by molar-refractivity contribution is 6.03. The van der Waals surface area contributed by atoms with Gasteiger partial charge in [0, 0.05) is 0 Å². The molecule has 0 atom stereocenters. The number of hydrogen-bond acceptors (Lipinski definition) is 1. The van der Waals surface area contributed by atoms with Crippen molar-refractivity contribution in [2.24, 2.45) is 0 Å². The van der Waals surface area contributed by atoms with Gasteiger partial charge in [0.15, 0.2) is 0 Å². The van der Waals surface area contributed by atoms with Gasteiger partial charge < -0.3 is 0 Å². The lowest BCUT2D eigenvalue weighted by atomic mass is 10.3. The van der Waals surface area contributed by atoms with Gasteiger partial charge in [-0.15, -0.1) is 6.42 Å². The molecule has 0 saturated carbocycles. The Bertz CT molecular complexity index is 148. The highest BCUT2D eigenvalue weighted by Crippen LogP contribution is 1.87. The molecule has 48 valence electrons. The van der Waals surface area contributed by atoms with Crippen molar-refractivity contribution in [3.63, 3.8) is 0 Å². The average molecular weight is 122 g/mol. The molecule has 0 aliphatic carbocycles. The van der Waals surface area contributed by atoms with Crippen LogP contribution in [0.1, 0.15) is 19.8 Å². The second-order valence-corrected chi connectivity index (χ2v) is 1.70. The maximum absolute atomic E-state index is 10.4. The number of hydrogen-bond donors (Lipinski definition) is 0. The molecule has 0 unspecified atom stereocenters. The standard InChI is InChI=1S/C8H10O/c1-3-5-6-7-8(9)4-2/h2,6-7H,3,5H2,1H3/b7-6-. The summed E-state index contributed by atoms with van der Waals surface area (Å²) in [7, 11) is 0. The number of rotatable bonds is 3. The molecule has 0 rings (SSSR count). The van der Waals surface area contributed by atoms with Gasteiger partial charge in [-0.2, -0.15) is 0 Å². The number of terminal acetylenes is 1. The number of unbranched alkanes of at least 4 members (excludes halogenated alkanes) is 1. The molecule has 0 saturated heterocycles. The van der Waals surface area contributed by atoms with E-state index in [1.54, 1.807) is 6.08 Å². The molecule has 0 aliphatic rings. The van der Waals surface area contributed by atoms with E-state index < -0.39 is 0 Å². The summed E-state index contributed by atoms with van der Waals surface area (Å²) < 4.78 is 0. The van der Waals surface area contributed by atoms with E-state index in [-0.39, 0.29) is 5.78 Å². The van der Waals surface area contributed by atoms with E-state index in [0.717, 1.165) is 12.8 Å². The molecule has 0 aromatic rings. The highest BCUT2D eigenvalue weighted by atomic mass is 16.1. The lowest BCUT2D eigenvalue weighted by Gasteiger charge is -1.79. The van der Waals surface area contributed by atoms with Gasteiger partial charge in [0.05, 0.1) is 0 Å². The van der Waals surface area contributed by atoms with E-state index in [9.17, 15) is 4.79 Å². The molecule has 0 aromatic heterocycles. The van der Waals surface area contributed by atoms with Crippen LogP contribution in [-0.4, -0.2) is 5.78 Å². The van der Waals surface area contributed by atoms with Gasteiger partial charge in [-0.05, 0) is 18.4 Å². The molecule has 0 amide bonds. The summed E-state index contributed by atoms with van der Waals surface area (Å²) in [6.45, 7) is 2.05. The van der Waals surface area contributed by atoms with Crippen molar-refractivity contribution in [1.29, 1.82) is 0 Å². The van der Waals surface area contributed by atoms with Crippen LogP contribution < -0.4 is 0 Å². The highest BCUT2D eigenvalue weighted by Gasteiger charge is 1.82. The minimum atomic E-state index is -0.247. The van der Waals surface area contributed by atoms with Crippen LogP contribution >= 0.6 is 0 Å². The van der Waals surface area contributed by atoms with Crippen molar-refractivity contribution in [2.75, 3.05) is 0 Å². The van der Waals surface area contributed by atoms with Gasteiger partial charge >= 0.3 is 0 Å². The van der Waals surface area contributed by atoms with E-state index in [2.05, 4.69) is 0 Å². The second kappa shape index (κ2) is 5.11. The minimum Gasteiger partial charge on any atom is -0.280 e. The molecule has 0 bridgehead atoms. The maximum atomic E-state index is 10.4. The SMILES string of the molecule is C#CC(=O)/C=C\CCC. The van der Waals surface area contributed by atoms with Crippen molar-refractivity contribution in [3.8, 4) is 12.3 Å². The van der Waals surface area contributed by atoms with Crippen molar-refractivity contribution in [2.45, 2.75) is 19.8 Å². The van der Waals surface area contributed by atoms with Crippen LogP contribution in [0.3, 0.4) is 0 Å². The van der Waals surface area contributed by atoms with Crippen molar-refractivity contribution >= 4 is 5.78 Å². The molecule has 0 spiro atoms. The number of ketones is 1. The van der Waals surface area contributed by atoms with Gasteiger partial charge in [-0.3, -0.25) is 4.79 Å². The Balaban J connectivity index is 3.48. The molecule has 0 fully saturated rings. The normalized spacial score (nSPS) is 9.33. The van der Waals surface area contributed by atoms with Crippen molar-refractivity contribution in [1.82, 2.24) is 0 Å². The number of carbonyl (C=O) groups is 1. The number of carbonyl (C=O) groups excluding carboxylic acids is 1. The Morgan fingerprint density at radius 1 is 1.78 bits per heavy atom. The van der Waals surface area contributed by atoms with Crippen LogP contribution in [0.4, 0.5) is 0 Å². The summed E-state index contributed by atoms with van der Waals surface area (Å²) in [6.07, 6.45) is 10.0. The van der Waals surface area contributed by atoms with Crippen LogP contribution in [0.2, 0.25) is 0 Å². The lowest BCUT2D eigenvalue weighted by Crippen LogP contribution is -1.82. The third kappa shape index (κ3) is 4.83. The Labute approximate surface area is 55.8 Å². The summed E-state index contributed by atoms with van der Waals surface area (Å²) in [5.41, 5.74) is 0. The van der Waals surface area contributed by atoms with Crippen molar-refractivity contribution in [3.05, 3.63) is 12.2 Å². The third-order valence-corrected chi connectivity index (χ3v) is 0.867. The van der Waals surface area contributed by atoms with Gasteiger partial charge in [-0.25, -0.2) is 0 Å². The fourth-order valence-electron chi connectivity index (χ4n) is 0.405. The quantitative estimate of drug-likeness (QED) is 0.315. The first-order chi connectivity index (χ1) is 4.31. The molecule has 1 nitrogen and oxygen atoms in total. The van der Waals surface area contributed by atoms with Crippen LogP contribution in [0.25, 0.3) is 0 Å². The van der Waals surface area contributed by atoms with E-state index >= 15 is 0 Å². The number of allylic oxidation sites excluding steroid dienone is 2. The van der Waals surface area contributed by atoms with Gasteiger partial charge in [-0.1, -0.05) is 19.4 Å². The Kier molecular flexibility index (Phi) is 4.53. The fourth-order valence-corrected chi connectivity index (χ4v) is 0.405. The van der Waals surface area contributed by atoms with E-state index in [1.807, 2.05) is 12.8 Å². The Morgan fingerprint density at radius 3 is 2.89 bits per heavy atom.